The average Bonchev–Trinajstić information content (AvgIpc) is 2.79. The van der Waals surface area contributed by atoms with Crippen molar-refractivity contribution in [3.63, 3.8) is 0 Å². The van der Waals surface area contributed by atoms with Gasteiger partial charge in [-0.1, -0.05) is 38.1 Å². The molecular formula is C24H26O8. The number of hydrogen-bond acceptors (Lipinski definition) is 6. The summed E-state index contributed by atoms with van der Waals surface area (Å²) in [4.78, 5) is 48.2. The number of aliphatic carboxylic acids is 2. The van der Waals surface area contributed by atoms with E-state index < -0.39 is 35.7 Å². The number of carboxylic acids is 2. The van der Waals surface area contributed by atoms with Crippen LogP contribution >= 0.6 is 0 Å². The Morgan fingerprint density at radius 1 is 0.719 bits per heavy atom. The molecule has 170 valence electrons. The zero-order valence-electron chi connectivity index (χ0n) is 18.0. The largest absolute Gasteiger partial charge is 0.481 e. The van der Waals surface area contributed by atoms with Gasteiger partial charge in [0.1, 0.15) is 5.41 Å². The summed E-state index contributed by atoms with van der Waals surface area (Å²) < 4.78 is 10.1. The van der Waals surface area contributed by atoms with E-state index in [1.54, 1.807) is 0 Å². The second kappa shape index (κ2) is 11.1. The molecule has 0 aromatic heterocycles. The third-order valence-corrected chi connectivity index (χ3v) is 4.88. The van der Waals surface area contributed by atoms with Crippen LogP contribution in [0, 0.1) is 0 Å². The fourth-order valence-corrected chi connectivity index (χ4v) is 3.26. The van der Waals surface area contributed by atoms with Gasteiger partial charge in [0.15, 0.2) is 0 Å². The molecule has 0 fully saturated rings. The minimum absolute atomic E-state index is 0.181. The van der Waals surface area contributed by atoms with Crippen molar-refractivity contribution >= 4 is 23.9 Å². The Bertz CT molecular complexity index is 897. The predicted molar refractivity (Wildman–Crippen MR) is 115 cm³/mol. The van der Waals surface area contributed by atoms with Crippen LogP contribution in [-0.4, -0.2) is 47.3 Å². The summed E-state index contributed by atoms with van der Waals surface area (Å²) in [5.41, 5.74) is -1.11. The molecule has 0 aliphatic carbocycles. The number of rotatable bonds is 11. The molecule has 32 heavy (non-hydrogen) atoms. The quantitative estimate of drug-likeness (QED) is 0.505. The molecule has 0 bridgehead atoms. The summed E-state index contributed by atoms with van der Waals surface area (Å²) in [6.45, 7) is 4.23. The van der Waals surface area contributed by atoms with Gasteiger partial charge in [0, 0.05) is 0 Å². The number of benzene rings is 2. The van der Waals surface area contributed by atoms with E-state index >= 15 is 0 Å². The molecule has 2 rings (SSSR count). The summed E-state index contributed by atoms with van der Waals surface area (Å²) in [7, 11) is 0. The lowest BCUT2D eigenvalue weighted by atomic mass is 9.71. The molecular weight excluding hydrogens is 416 g/mol. The molecule has 0 spiro atoms. The second-order valence-corrected chi connectivity index (χ2v) is 7.21. The zero-order chi connectivity index (χ0) is 23.7. The van der Waals surface area contributed by atoms with Crippen molar-refractivity contribution in [1.82, 2.24) is 0 Å². The van der Waals surface area contributed by atoms with Crippen molar-refractivity contribution in [3.05, 3.63) is 70.8 Å². The molecule has 2 aromatic carbocycles. The zero-order valence-corrected chi connectivity index (χ0v) is 18.0. The van der Waals surface area contributed by atoms with Crippen LogP contribution in [0.4, 0.5) is 0 Å². The van der Waals surface area contributed by atoms with Crippen molar-refractivity contribution in [2.75, 3.05) is 13.2 Å². The van der Waals surface area contributed by atoms with Gasteiger partial charge in [-0.05, 0) is 48.2 Å². The Morgan fingerprint density at radius 3 is 1.38 bits per heavy atom. The van der Waals surface area contributed by atoms with Crippen molar-refractivity contribution in [2.24, 2.45) is 0 Å². The van der Waals surface area contributed by atoms with E-state index in [0.717, 1.165) is 0 Å². The normalized spacial score (nSPS) is 10.9. The maximum Gasteiger partial charge on any atom is 0.338 e. The number of esters is 2. The van der Waals surface area contributed by atoms with Gasteiger partial charge in [-0.25, -0.2) is 9.59 Å². The van der Waals surface area contributed by atoms with E-state index in [2.05, 4.69) is 0 Å². The Balaban J connectivity index is 2.48. The first kappa shape index (κ1) is 24.6. The van der Waals surface area contributed by atoms with Crippen LogP contribution in [0.15, 0.2) is 48.5 Å². The molecule has 0 atom stereocenters. The standard InChI is InChI=1S/C24H26O8/c1-3-13-31-21(27)16-5-9-18(10-6-16)24(23(29)30,15-20(25)26)19-11-7-17(8-12-19)22(28)32-14-4-2/h5-12H,3-4,13-15H2,1-2H3,(H,25,26)(H,29,30). The van der Waals surface area contributed by atoms with Gasteiger partial charge < -0.3 is 19.7 Å². The lowest BCUT2D eigenvalue weighted by Gasteiger charge is -2.29. The maximum absolute atomic E-state index is 12.4. The summed E-state index contributed by atoms with van der Waals surface area (Å²) in [6.07, 6.45) is 0.584. The van der Waals surface area contributed by atoms with Gasteiger partial charge in [-0.3, -0.25) is 9.59 Å². The predicted octanol–water partition coefficient (Wildman–Crippen LogP) is 3.67. The first-order valence-corrected chi connectivity index (χ1v) is 10.3. The van der Waals surface area contributed by atoms with Crippen LogP contribution in [0.1, 0.15) is 65.0 Å². The van der Waals surface area contributed by atoms with Gasteiger partial charge in [0.2, 0.25) is 0 Å². The van der Waals surface area contributed by atoms with E-state index in [9.17, 15) is 29.4 Å². The van der Waals surface area contributed by atoms with Crippen LogP contribution in [0.2, 0.25) is 0 Å². The molecule has 0 radical (unpaired) electrons. The fourth-order valence-electron chi connectivity index (χ4n) is 3.26. The minimum Gasteiger partial charge on any atom is -0.481 e. The molecule has 0 aliphatic rings. The average molecular weight is 442 g/mol. The van der Waals surface area contributed by atoms with Crippen LogP contribution < -0.4 is 0 Å². The summed E-state index contributed by atoms with van der Waals surface area (Å²) in [6, 6.07) is 11.2. The highest BCUT2D eigenvalue weighted by atomic mass is 16.5. The maximum atomic E-state index is 12.4. The Hall–Kier alpha value is -3.68. The minimum atomic E-state index is -1.93. The van der Waals surface area contributed by atoms with Crippen molar-refractivity contribution in [3.8, 4) is 0 Å². The Morgan fingerprint density at radius 2 is 1.09 bits per heavy atom. The first-order valence-electron chi connectivity index (χ1n) is 10.3. The monoisotopic (exact) mass is 442 g/mol. The Labute approximate surface area is 185 Å². The van der Waals surface area contributed by atoms with Gasteiger partial charge in [0.05, 0.1) is 30.8 Å². The van der Waals surface area contributed by atoms with E-state index in [-0.39, 0.29) is 35.5 Å². The number of hydrogen-bond donors (Lipinski definition) is 2. The number of ether oxygens (including phenoxy) is 2. The smallest absolute Gasteiger partial charge is 0.338 e. The summed E-state index contributed by atoms with van der Waals surface area (Å²) in [5, 5.41) is 19.6. The third kappa shape index (κ3) is 5.51. The second-order valence-electron chi connectivity index (χ2n) is 7.21. The van der Waals surface area contributed by atoms with E-state index in [1.807, 2.05) is 13.8 Å². The van der Waals surface area contributed by atoms with Gasteiger partial charge in [-0.2, -0.15) is 0 Å². The van der Waals surface area contributed by atoms with E-state index in [0.29, 0.717) is 12.8 Å². The van der Waals surface area contributed by atoms with Crippen molar-refractivity contribution in [1.29, 1.82) is 0 Å². The van der Waals surface area contributed by atoms with Crippen LogP contribution in [0.25, 0.3) is 0 Å². The van der Waals surface area contributed by atoms with Crippen molar-refractivity contribution < 1.29 is 38.9 Å². The molecule has 8 heteroatoms. The van der Waals surface area contributed by atoms with Gasteiger partial charge >= 0.3 is 23.9 Å². The summed E-state index contributed by atoms with van der Waals surface area (Å²) >= 11 is 0. The molecule has 0 saturated heterocycles. The Kier molecular flexibility index (Phi) is 8.52. The number of carbonyl (C=O) groups is 4. The number of carboxylic acid groups (broad SMARTS) is 2. The topological polar surface area (TPSA) is 127 Å². The van der Waals surface area contributed by atoms with Crippen molar-refractivity contribution in [2.45, 2.75) is 38.5 Å². The molecule has 0 unspecified atom stereocenters. The number of carbonyl (C=O) groups excluding carboxylic acids is 2. The fraction of sp³-hybridized carbons (Fsp3) is 0.333. The molecule has 0 saturated carbocycles. The molecule has 8 nitrogen and oxygen atoms in total. The third-order valence-electron chi connectivity index (χ3n) is 4.88. The van der Waals surface area contributed by atoms with Gasteiger partial charge in [0.25, 0.3) is 0 Å². The lowest BCUT2D eigenvalue weighted by Crippen LogP contribution is -2.39. The molecule has 0 heterocycles. The van der Waals surface area contributed by atoms with Crippen LogP contribution in [-0.2, 0) is 24.5 Å². The molecule has 0 amide bonds. The summed E-state index contributed by atoms with van der Waals surface area (Å²) in [5.74, 6) is -3.78. The highest BCUT2D eigenvalue weighted by Crippen LogP contribution is 2.37. The molecule has 2 N–H and O–H groups in total. The molecule has 0 aliphatic heterocycles. The molecule has 2 aromatic rings. The van der Waals surface area contributed by atoms with E-state index in [4.69, 9.17) is 9.47 Å². The highest BCUT2D eigenvalue weighted by molar-refractivity contribution is 5.93. The van der Waals surface area contributed by atoms with Crippen LogP contribution in [0.3, 0.4) is 0 Å². The first-order chi connectivity index (χ1) is 15.3. The van der Waals surface area contributed by atoms with Gasteiger partial charge in [-0.15, -0.1) is 0 Å². The van der Waals surface area contributed by atoms with Crippen LogP contribution in [0.5, 0.6) is 0 Å². The lowest BCUT2D eigenvalue weighted by molar-refractivity contribution is -0.148. The van der Waals surface area contributed by atoms with E-state index in [1.165, 1.54) is 48.5 Å². The SMILES string of the molecule is CCCOC(=O)c1ccc(C(CC(=O)O)(C(=O)O)c2ccc(C(=O)OCCC)cc2)cc1. The highest BCUT2D eigenvalue weighted by Gasteiger charge is 2.44.